The van der Waals surface area contributed by atoms with Crippen LogP contribution in [-0.2, 0) is 13.6 Å². The molecule has 3 rings (SSSR count). The lowest BCUT2D eigenvalue weighted by molar-refractivity contribution is 0.0951. The van der Waals surface area contributed by atoms with Crippen molar-refractivity contribution in [2.24, 2.45) is 7.05 Å². The Hall–Kier alpha value is -3.41. The quantitative estimate of drug-likeness (QED) is 0.744. The van der Waals surface area contributed by atoms with E-state index in [-0.39, 0.29) is 11.8 Å². The van der Waals surface area contributed by atoms with E-state index in [2.05, 4.69) is 15.6 Å². The number of benzene rings is 1. The highest BCUT2D eigenvalue weighted by Crippen LogP contribution is 2.17. The summed E-state index contributed by atoms with van der Waals surface area (Å²) in [4.78, 5) is 29.1. The molecule has 6 heteroatoms. The summed E-state index contributed by atoms with van der Waals surface area (Å²) in [5.74, 6) is -0.513. The van der Waals surface area contributed by atoms with E-state index in [0.717, 1.165) is 11.3 Å². The van der Waals surface area contributed by atoms with Crippen LogP contribution in [0, 0.1) is 6.92 Å². The summed E-state index contributed by atoms with van der Waals surface area (Å²) in [6.45, 7) is 2.29. The van der Waals surface area contributed by atoms with Crippen LogP contribution in [-0.4, -0.2) is 21.4 Å². The van der Waals surface area contributed by atoms with Crippen LogP contribution >= 0.6 is 0 Å². The van der Waals surface area contributed by atoms with Crippen LogP contribution in [0.15, 0.2) is 60.9 Å². The number of para-hydroxylation sites is 1. The van der Waals surface area contributed by atoms with Gasteiger partial charge >= 0.3 is 0 Å². The third-order valence-electron chi connectivity index (χ3n) is 4.20. The van der Waals surface area contributed by atoms with Gasteiger partial charge in [0.1, 0.15) is 5.69 Å². The van der Waals surface area contributed by atoms with Crippen molar-refractivity contribution in [3.05, 3.63) is 83.4 Å². The second-order valence-electron chi connectivity index (χ2n) is 5.96. The van der Waals surface area contributed by atoms with Crippen molar-refractivity contribution in [2.75, 3.05) is 5.32 Å². The van der Waals surface area contributed by atoms with Crippen LogP contribution in [0.25, 0.3) is 0 Å². The number of amides is 2. The first-order valence-electron chi connectivity index (χ1n) is 8.26. The molecular formula is C20H20N4O2. The van der Waals surface area contributed by atoms with E-state index < -0.39 is 0 Å². The topological polar surface area (TPSA) is 76.0 Å². The smallest absolute Gasteiger partial charge is 0.272 e. The fourth-order valence-corrected chi connectivity index (χ4v) is 2.60. The van der Waals surface area contributed by atoms with Gasteiger partial charge < -0.3 is 15.2 Å². The van der Waals surface area contributed by atoms with Gasteiger partial charge in [0.25, 0.3) is 11.8 Å². The molecule has 2 aromatic heterocycles. The minimum atomic E-state index is -0.257. The minimum Gasteiger partial charge on any atom is -0.348 e. The number of aromatic nitrogens is 2. The Morgan fingerprint density at radius 3 is 2.54 bits per heavy atom. The van der Waals surface area contributed by atoms with Crippen molar-refractivity contribution in [3.63, 3.8) is 0 Å². The molecule has 0 unspecified atom stereocenters. The summed E-state index contributed by atoms with van der Waals surface area (Å²) in [5, 5.41) is 5.68. The van der Waals surface area contributed by atoms with E-state index in [1.54, 1.807) is 47.3 Å². The van der Waals surface area contributed by atoms with Crippen molar-refractivity contribution in [1.29, 1.82) is 0 Å². The second-order valence-corrected chi connectivity index (χ2v) is 5.96. The predicted molar refractivity (Wildman–Crippen MR) is 100.0 cm³/mol. The van der Waals surface area contributed by atoms with Crippen molar-refractivity contribution in [1.82, 2.24) is 14.9 Å². The van der Waals surface area contributed by atoms with E-state index in [1.807, 2.05) is 32.2 Å². The Labute approximate surface area is 151 Å². The lowest BCUT2D eigenvalue weighted by Gasteiger charge is -2.12. The molecule has 6 nitrogen and oxygen atoms in total. The van der Waals surface area contributed by atoms with E-state index in [9.17, 15) is 9.59 Å². The molecular weight excluding hydrogens is 328 g/mol. The number of aryl methyl sites for hydroxylation is 1. The van der Waals surface area contributed by atoms with Gasteiger partial charge in [0, 0.05) is 31.7 Å². The maximum atomic E-state index is 12.5. The van der Waals surface area contributed by atoms with E-state index in [0.29, 0.717) is 23.5 Å². The molecule has 0 fully saturated rings. The maximum absolute atomic E-state index is 12.5. The van der Waals surface area contributed by atoms with Gasteiger partial charge in [-0.15, -0.1) is 0 Å². The van der Waals surface area contributed by atoms with Crippen molar-refractivity contribution < 1.29 is 9.59 Å². The van der Waals surface area contributed by atoms with Gasteiger partial charge in [-0.2, -0.15) is 0 Å². The third-order valence-corrected chi connectivity index (χ3v) is 4.20. The standard InChI is InChI=1S/C20H20N4O2/c1-14-9-10-18(24(14)2)20(26)23-17-8-4-3-7-16(17)19(25)22-13-15-6-5-11-21-12-15/h3-12H,13H2,1-2H3,(H,22,25)(H,23,26). The molecule has 1 aromatic carbocycles. The fourth-order valence-electron chi connectivity index (χ4n) is 2.60. The highest BCUT2D eigenvalue weighted by atomic mass is 16.2. The summed E-state index contributed by atoms with van der Waals surface area (Å²) in [6.07, 6.45) is 3.38. The number of carbonyl (C=O) groups is 2. The number of nitrogens with one attached hydrogen (secondary N) is 2. The summed E-state index contributed by atoms with van der Waals surface area (Å²) < 4.78 is 1.81. The average Bonchev–Trinajstić information content (AvgIpc) is 3.00. The predicted octanol–water partition coefficient (Wildman–Crippen LogP) is 2.91. The summed E-state index contributed by atoms with van der Waals surface area (Å²) in [6, 6.07) is 14.3. The molecule has 0 saturated carbocycles. The van der Waals surface area contributed by atoms with Crippen LogP contribution in [0.3, 0.4) is 0 Å². The Bertz CT molecular complexity index is 932. The van der Waals surface area contributed by atoms with Gasteiger partial charge in [0.05, 0.1) is 11.3 Å². The van der Waals surface area contributed by atoms with Crippen LogP contribution < -0.4 is 10.6 Å². The van der Waals surface area contributed by atoms with E-state index >= 15 is 0 Å². The molecule has 0 aliphatic carbocycles. The largest absolute Gasteiger partial charge is 0.348 e. The molecule has 2 N–H and O–H groups in total. The van der Waals surface area contributed by atoms with Crippen LogP contribution in [0.1, 0.15) is 32.1 Å². The third kappa shape index (κ3) is 3.80. The lowest BCUT2D eigenvalue weighted by Crippen LogP contribution is -2.25. The first-order valence-corrected chi connectivity index (χ1v) is 8.26. The summed E-state index contributed by atoms with van der Waals surface area (Å²) >= 11 is 0. The number of nitrogens with zero attached hydrogens (tertiary/aromatic N) is 2. The monoisotopic (exact) mass is 348 g/mol. The van der Waals surface area contributed by atoms with E-state index in [4.69, 9.17) is 0 Å². The minimum absolute atomic E-state index is 0.256. The van der Waals surface area contributed by atoms with E-state index in [1.165, 1.54) is 0 Å². The number of rotatable bonds is 5. The van der Waals surface area contributed by atoms with Crippen LogP contribution in [0.2, 0.25) is 0 Å². The maximum Gasteiger partial charge on any atom is 0.272 e. The Morgan fingerprint density at radius 1 is 1.04 bits per heavy atom. The number of anilines is 1. The molecule has 3 aromatic rings. The van der Waals surface area contributed by atoms with Crippen molar-refractivity contribution >= 4 is 17.5 Å². The van der Waals surface area contributed by atoms with Crippen LogP contribution in [0.5, 0.6) is 0 Å². The SMILES string of the molecule is Cc1ccc(C(=O)Nc2ccccc2C(=O)NCc2cccnc2)n1C. The zero-order valence-electron chi connectivity index (χ0n) is 14.7. The highest BCUT2D eigenvalue weighted by molar-refractivity contribution is 6.08. The zero-order chi connectivity index (χ0) is 18.5. The molecule has 2 heterocycles. The van der Waals surface area contributed by atoms with Gasteiger partial charge in [-0.25, -0.2) is 0 Å². The molecule has 0 saturated heterocycles. The molecule has 0 atom stereocenters. The number of pyridine rings is 1. The van der Waals surface area contributed by atoms with Gasteiger partial charge in [-0.05, 0) is 42.8 Å². The molecule has 0 aliphatic heterocycles. The number of hydrogen-bond donors (Lipinski definition) is 2. The number of hydrogen-bond acceptors (Lipinski definition) is 3. The highest BCUT2D eigenvalue weighted by Gasteiger charge is 2.16. The zero-order valence-corrected chi connectivity index (χ0v) is 14.7. The number of carbonyl (C=O) groups excluding carboxylic acids is 2. The van der Waals surface area contributed by atoms with Gasteiger partial charge in [0.2, 0.25) is 0 Å². The Balaban J connectivity index is 1.74. The van der Waals surface area contributed by atoms with Crippen LogP contribution in [0.4, 0.5) is 5.69 Å². The summed E-state index contributed by atoms with van der Waals surface area (Å²) in [7, 11) is 1.83. The Morgan fingerprint density at radius 2 is 1.85 bits per heavy atom. The molecule has 0 spiro atoms. The second kappa shape index (κ2) is 7.65. The molecule has 0 bridgehead atoms. The summed E-state index contributed by atoms with van der Waals surface area (Å²) in [5.41, 5.74) is 3.31. The van der Waals surface area contributed by atoms with Gasteiger partial charge in [-0.1, -0.05) is 18.2 Å². The Kier molecular flexibility index (Phi) is 5.12. The van der Waals surface area contributed by atoms with Crippen molar-refractivity contribution in [3.8, 4) is 0 Å². The first-order chi connectivity index (χ1) is 12.6. The fraction of sp³-hybridized carbons (Fsp3) is 0.150. The van der Waals surface area contributed by atoms with Gasteiger partial charge in [-0.3, -0.25) is 14.6 Å². The molecule has 2 amide bonds. The normalized spacial score (nSPS) is 10.4. The van der Waals surface area contributed by atoms with Gasteiger partial charge in [0.15, 0.2) is 0 Å². The molecule has 26 heavy (non-hydrogen) atoms. The first kappa shape index (κ1) is 17.4. The molecule has 0 aliphatic rings. The average molecular weight is 348 g/mol. The molecule has 0 radical (unpaired) electrons. The lowest BCUT2D eigenvalue weighted by atomic mass is 10.1. The molecule has 132 valence electrons. The van der Waals surface area contributed by atoms with Crippen molar-refractivity contribution in [2.45, 2.75) is 13.5 Å².